The molecule has 0 bridgehead atoms. The zero-order valence-corrected chi connectivity index (χ0v) is 8.73. The Balaban J connectivity index is 2.05. The molecule has 1 aliphatic rings. The first-order valence-corrected chi connectivity index (χ1v) is 5.13. The van der Waals surface area contributed by atoms with Crippen molar-refractivity contribution < 1.29 is 4.74 Å². The van der Waals surface area contributed by atoms with Gasteiger partial charge in [-0.25, -0.2) is 0 Å². The minimum Gasteiger partial charge on any atom is -0.375 e. The Bertz CT molecular complexity index is 313. The van der Waals surface area contributed by atoms with Crippen LogP contribution in [0.4, 0.5) is 0 Å². The second-order valence-corrected chi connectivity index (χ2v) is 3.95. The standard InChI is InChI=1S/C11H17N3O/c12-11(13)9-15-7-6-14(11)8-10-4-2-1-3-5-10/h1-5H,6-9,12-13H2. The molecule has 1 aliphatic heterocycles. The van der Waals surface area contributed by atoms with Crippen LogP contribution < -0.4 is 11.5 Å². The third kappa shape index (κ3) is 2.54. The molecular formula is C11H17N3O. The van der Waals surface area contributed by atoms with Crippen LogP contribution in [-0.4, -0.2) is 30.4 Å². The molecule has 4 heteroatoms. The van der Waals surface area contributed by atoms with Gasteiger partial charge in [0.2, 0.25) is 0 Å². The number of hydrogen-bond acceptors (Lipinski definition) is 4. The SMILES string of the molecule is NC1(N)COCCN1Cc1ccccc1. The molecule has 1 fully saturated rings. The van der Waals surface area contributed by atoms with Crippen molar-refractivity contribution in [3.05, 3.63) is 35.9 Å². The maximum atomic E-state index is 5.95. The number of nitrogens with two attached hydrogens (primary N) is 2. The Morgan fingerprint density at radius 1 is 1.27 bits per heavy atom. The van der Waals surface area contributed by atoms with Gasteiger partial charge in [0.15, 0.2) is 0 Å². The van der Waals surface area contributed by atoms with Crippen LogP contribution in [0.5, 0.6) is 0 Å². The first-order chi connectivity index (χ1) is 7.18. The average Bonchev–Trinajstić information content (AvgIpc) is 2.23. The predicted octanol–water partition coefficient (Wildman–Crippen LogP) is 0.0900. The summed E-state index contributed by atoms with van der Waals surface area (Å²) in [6.07, 6.45) is 0. The summed E-state index contributed by atoms with van der Waals surface area (Å²) >= 11 is 0. The molecule has 0 spiro atoms. The molecule has 15 heavy (non-hydrogen) atoms. The molecule has 1 aromatic carbocycles. The molecule has 0 aromatic heterocycles. The lowest BCUT2D eigenvalue weighted by atomic mass is 10.2. The average molecular weight is 207 g/mol. The van der Waals surface area contributed by atoms with Gasteiger partial charge >= 0.3 is 0 Å². The van der Waals surface area contributed by atoms with Crippen LogP contribution in [0.2, 0.25) is 0 Å². The van der Waals surface area contributed by atoms with E-state index in [2.05, 4.69) is 12.1 Å². The normalized spacial score (nSPS) is 21.5. The molecule has 1 aromatic rings. The first kappa shape index (κ1) is 10.6. The predicted molar refractivity (Wildman–Crippen MR) is 58.8 cm³/mol. The fourth-order valence-electron chi connectivity index (χ4n) is 1.74. The Morgan fingerprint density at radius 2 is 2.00 bits per heavy atom. The van der Waals surface area contributed by atoms with Crippen molar-refractivity contribution in [1.29, 1.82) is 0 Å². The second kappa shape index (κ2) is 4.28. The number of benzene rings is 1. The van der Waals surface area contributed by atoms with Crippen molar-refractivity contribution in [1.82, 2.24) is 4.90 Å². The van der Waals surface area contributed by atoms with Gasteiger partial charge in [-0.3, -0.25) is 16.4 Å². The van der Waals surface area contributed by atoms with E-state index >= 15 is 0 Å². The van der Waals surface area contributed by atoms with Crippen molar-refractivity contribution in [3.63, 3.8) is 0 Å². The smallest absolute Gasteiger partial charge is 0.145 e. The molecule has 0 saturated carbocycles. The molecule has 0 amide bonds. The summed E-state index contributed by atoms with van der Waals surface area (Å²) in [5, 5.41) is 0. The Labute approximate surface area is 89.8 Å². The number of hydrogen-bond donors (Lipinski definition) is 2. The summed E-state index contributed by atoms with van der Waals surface area (Å²) in [6, 6.07) is 10.2. The van der Waals surface area contributed by atoms with Crippen LogP contribution in [-0.2, 0) is 11.3 Å². The van der Waals surface area contributed by atoms with Crippen molar-refractivity contribution in [3.8, 4) is 0 Å². The maximum absolute atomic E-state index is 5.95. The summed E-state index contributed by atoms with van der Waals surface area (Å²) in [7, 11) is 0. The van der Waals surface area contributed by atoms with E-state index in [0.717, 1.165) is 13.1 Å². The van der Waals surface area contributed by atoms with Gasteiger partial charge in [-0.2, -0.15) is 0 Å². The number of rotatable bonds is 2. The fourth-order valence-corrected chi connectivity index (χ4v) is 1.74. The van der Waals surface area contributed by atoms with Gasteiger partial charge < -0.3 is 4.74 Å². The highest BCUT2D eigenvalue weighted by atomic mass is 16.5. The third-order valence-corrected chi connectivity index (χ3v) is 2.64. The quantitative estimate of drug-likeness (QED) is 0.675. The topological polar surface area (TPSA) is 64.5 Å². The van der Waals surface area contributed by atoms with Gasteiger partial charge in [0.25, 0.3) is 0 Å². The van der Waals surface area contributed by atoms with E-state index in [1.807, 2.05) is 23.1 Å². The van der Waals surface area contributed by atoms with E-state index in [-0.39, 0.29) is 0 Å². The van der Waals surface area contributed by atoms with Gasteiger partial charge in [0.1, 0.15) is 5.79 Å². The van der Waals surface area contributed by atoms with Crippen molar-refractivity contribution in [2.45, 2.75) is 12.3 Å². The maximum Gasteiger partial charge on any atom is 0.145 e. The molecule has 0 unspecified atom stereocenters. The second-order valence-electron chi connectivity index (χ2n) is 3.95. The van der Waals surface area contributed by atoms with E-state index in [0.29, 0.717) is 13.2 Å². The van der Waals surface area contributed by atoms with Gasteiger partial charge in [0.05, 0.1) is 13.2 Å². The van der Waals surface area contributed by atoms with Gasteiger partial charge in [-0.15, -0.1) is 0 Å². The number of ether oxygens (including phenoxy) is 1. The highest BCUT2D eigenvalue weighted by Crippen LogP contribution is 2.13. The van der Waals surface area contributed by atoms with Gasteiger partial charge in [0, 0.05) is 13.1 Å². The van der Waals surface area contributed by atoms with Crippen LogP contribution >= 0.6 is 0 Å². The minimum atomic E-state index is -0.839. The Kier molecular flexibility index (Phi) is 3.02. The van der Waals surface area contributed by atoms with Crippen LogP contribution in [0.1, 0.15) is 5.56 Å². The highest BCUT2D eigenvalue weighted by molar-refractivity contribution is 5.14. The third-order valence-electron chi connectivity index (χ3n) is 2.64. The zero-order valence-electron chi connectivity index (χ0n) is 8.73. The summed E-state index contributed by atoms with van der Waals surface area (Å²) < 4.78 is 5.26. The van der Waals surface area contributed by atoms with Gasteiger partial charge in [-0.1, -0.05) is 30.3 Å². The van der Waals surface area contributed by atoms with Crippen molar-refractivity contribution in [2.24, 2.45) is 11.5 Å². The van der Waals surface area contributed by atoms with Crippen LogP contribution in [0.15, 0.2) is 30.3 Å². The highest BCUT2D eigenvalue weighted by Gasteiger charge is 2.31. The van der Waals surface area contributed by atoms with E-state index < -0.39 is 5.79 Å². The van der Waals surface area contributed by atoms with Crippen LogP contribution in [0, 0.1) is 0 Å². The van der Waals surface area contributed by atoms with E-state index in [1.165, 1.54) is 5.56 Å². The van der Waals surface area contributed by atoms with E-state index in [4.69, 9.17) is 16.2 Å². The molecule has 4 N–H and O–H groups in total. The summed E-state index contributed by atoms with van der Waals surface area (Å²) in [5.41, 5.74) is 13.1. The monoisotopic (exact) mass is 207 g/mol. The van der Waals surface area contributed by atoms with E-state index in [9.17, 15) is 0 Å². The molecule has 4 nitrogen and oxygen atoms in total. The lowest BCUT2D eigenvalue weighted by Crippen LogP contribution is -2.68. The molecular weight excluding hydrogens is 190 g/mol. The van der Waals surface area contributed by atoms with Crippen LogP contribution in [0.3, 0.4) is 0 Å². The summed E-state index contributed by atoms with van der Waals surface area (Å²) in [6.45, 7) is 2.64. The lowest BCUT2D eigenvalue weighted by Gasteiger charge is -2.41. The molecule has 1 saturated heterocycles. The Hall–Kier alpha value is -0.940. The molecule has 0 aliphatic carbocycles. The van der Waals surface area contributed by atoms with Gasteiger partial charge in [-0.05, 0) is 5.56 Å². The Morgan fingerprint density at radius 3 is 2.67 bits per heavy atom. The van der Waals surface area contributed by atoms with Crippen LogP contribution in [0.25, 0.3) is 0 Å². The molecule has 82 valence electrons. The summed E-state index contributed by atoms with van der Waals surface area (Å²) in [4.78, 5) is 2.05. The largest absolute Gasteiger partial charge is 0.375 e. The number of nitrogens with zero attached hydrogens (tertiary/aromatic N) is 1. The minimum absolute atomic E-state index is 0.389. The molecule has 0 atom stereocenters. The summed E-state index contributed by atoms with van der Waals surface area (Å²) in [5.74, 6) is -0.839. The molecule has 1 heterocycles. The molecule has 0 radical (unpaired) electrons. The lowest BCUT2D eigenvalue weighted by molar-refractivity contribution is -0.0679. The first-order valence-electron chi connectivity index (χ1n) is 5.13. The van der Waals surface area contributed by atoms with Crippen molar-refractivity contribution >= 4 is 0 Å². The molecule has 2 rings (SSSR count). The van der Waals surface area contributed by atoms with E-state index in [1.54, 1.807) is 0 Å². The van der Waals surface area contributed by atoms with Crippen molar-refractivity contribution in [2.75, 3.05) is 19.8 Å². The fraction of sp³-hybridized carbons (Fsp3) is 0.455. The number of morpholine rings is 1. The zero-order chi connectivity index (χ0) is 10.7.